The Balaban J connectivity index is 1.94. The van der Waals surface area contributed by atoms with Crippen molar-refractivity contribution in [2.24, 2.45) is 0 Å². The molecule has 0 radical (unpaired) electrons. The van der Waals surface area contributed by atoms with Crippen molar-refractivity contribution in [3.63, 3.8) is 0 Å². The van der Waals surface area contributed by atoms with Crippen LogP contribution in [0.25, 0.3) is 0 Å². The van der Waals surface area contributed by atoms with Gasteiger partial charge in [0.2, 0.25) is 5.91 Å². The number of halogens is 3. The van der Waals surface area contributed by atoms with Gasteiger partial charge in [-0.2, -0.15) is 13.2 Å². The summed E-state index contributed by atoms with van der Waals surface area (Å²) in [6.07, 6.45) is -4.35. The number of rotatable bonds is 5. The van der Waals surface area contributed by atoms with Crippen molar-refractivity contribution >= 4 is 17.2 Å². The highest BCUT2D eigenvalue weighted by molar-refractivity contribution is 7.10. The number of hydrogen-bond acceptors (Lipinski definition) is 4. The number of hydrogen-bond donors (Lipinski definition) is 2. The van der Waals surface area contributed by atoms with E-state index in [1.165, 1.54) is 16.2 Å². The summed E-state index contributed by atoms with van der Waals surface area (Å²) in [5.74, 6) is -0.802. The zero-order chi connectivity index (χ0) is 16.2. The predicted octanol–water partition coefficient (Wildman–Crippen LogP) is 1.80. The molecule has 1 aromatic heterocycles. The second kappa shape index (κ2) is 7.43. The van der Waals surface area contributed by atoms with E-state index in [1.54, 1.807) is 6.92 Å². The molecule has 0 aliphatic carbocycles. The quantitative estimate of drug-likeness (QED) is 0.862. The Labute approximate surface area is 131 Å². The molecule has 1 saturated heterocycles. The molecule has 124 valence electrons. The summed E-state index contributed by atoms with van der Waals surface area (Å²) in [4.78, 5) is 14.3. The number of piperazine rings is 1. The standard InChI is InChI=1S/C14H20F3N3OS/c1-10(11-3-2-8-22-11)13(21)19-9-12(14(15,16)17)20-6-4-18-5-7-20/h2-3,8,10,12,18H,4-7,9H2,1H3,(H,19,21). The first kappa shape index (κ1) is 17.2. The maximum atomic E-state index is 13.2. The van der Waals surface area contributed by atoms with Crippen molar-refractivity contribution in [3.8, 4) is 0 Å². The van der Waals surface area contributed by atoms with Gasteiger partial charge in [0.15, 0.2) is 0 Å². The molecule has 8 heteroatoms. The van der Waals surface area contributed by atoms with Crippen molar-refractivity contribution in [1.82, 2.24) is 15.5 Å². The number of amides is 1. The molecule has 1 aromatic rings. The van der Waals surface area contributed by atoms with Crippen LogP contribution in [0.2, 0.25) is 0 Å². The van der Waals surface area contributed by atoms with Gasteiger partial charge in [0.05, 0.1) is 5.92 Å². The van der Waals surface area contributed by atoms with E-state index in [2.05, 4.69) is 10.6 Å². The van der Waals surface area contributed by atoms with Crippen LogP contribution in [0, 0.1) is 0 Å². The van der Waals surface area contributed by atoms with Crippen LogP contribution >= 0.6 is 11.3 Å². The molecule has 4 nitrogen and oxygen atoms in total. The van der Waals surface area contributed by atoms with Gasteiger partial charge < -0.3 is 10.6 Å². The number of nitrogens with one attached hydrogen (secondary N) is 2. The van der Waals surface area contributed by atoms with E-state index in [4.69, 9.17) is 0 Å². The minimum Gasteiger partial charge on any atom is -0.354 e. The lowest BCUT2D eigenvalue weighted by atomic mass is 10.1. The van der Waals surface area contributed by atoms with Gasteiger partial charge in [-0.3, -0.25) is 9.69 Å². The minimum atomic E-state index is -4.35. The second-order valence-corrected chi connectivity index (χ2v) is 6.30. The highest BCUT2D eigenvalue weighted by atomic mass is 32.1. The summed E-state index contributed by atoms with van der Waals surface area (Å²) in [5, 5.41) is 7.33. The molecule has 0 spiro atoms. The minimum absolute atomic E-state index is 0.334. The molecule has 22 heavy (non-hydrogen) atoms. The first-order valence-electron chi connectivity index (χ1n) is 7.22. The highest BCUT2D eigenvalue weighted by Gasteiger charge is 2.43. The summed E-state index contributed by atoms with van der Waals surface area (Å²) in [6.45, 7) is 3.03. The molecule has 2 N–H and O–H groups in total. The topological polar surface area (TPSA) is 44.4 Å². The van der Waals surface area contributed by atoms with Gasteiger partial charge in [-0.05, 0) is 18.4 Å². The molecule has 0 bridgehead atoms. The van der Waals surface area contributed by atoms with Gasteiger partial charge in [0, 0.05) is 37.6 Å². The molecule has 0 aromatic carbocycles. The van der Waals surface area contributed by atoms with Crippen LogP contribution < -0.4 is 10.6 Å². The molecule has 2 heterocycles. The third-order valence-corrected chi connectivity index (χ3v) is 4.86. The number of alkyl halides is 3. The molecule has 0 saturated carbocycles. The van der Waals surface area contributed by atoms with E-state index in [0.29, 0.717) is 26.2 Å². The van der Waals surface area contributed by atoms with Crippen LogP contribution in [0.1, 0.15) is 17.7 Å². The van der Waals surface area contributed by atoms with Gasteiger partial charge in [-0.1, -0.05) is 6.07 Å². The summed E-state index contributed by atoms with van der Waals surface area (Å²) >= 11 is 1.43. The molecule has 1 fully saturated rings. The first-order valence-corrected chi connectivity index (χ1v) is 8.10. The van der Waals surface area contributed by atoms with Crippen LogP contribution in [0.5, 0.6) is 0 Å². The molecular weight excluding hydrogens is 315 g/mol. The van der Waals surface area contributed by atoms with Crippen LogP contribution in [0.15, 0.2) is 17.5 Å². The number of carbonyl (C=O) groups excluding carboxylic acids is 1. The van der Waals surface area contributed by atoms with Crippen molar-refractivity contribution in [2.75, 3.05) is 32.7 Å². The van der Waals surface area contributed by atoms with Crippen LogP contribution in [-0.2, 0) is 4.79 Å². The third-order valence-electron chi connectivity index (χ3n) is 3.80. The Kier molecular flexibility index (Phi) is 5.82. The normalized spacial score (nSPS) is 19.6. The molecule has 2 atom stereocenters. The summed E-state index contributed by atoms with van der Waals surface area (Å²) in [5.41, 5.74) is 0. The van der Waals surface area contributed by atoms with E-state index in [0.717, 1.165) is 4.88 Å². The van der Waals surface area contributed by atoms with Crippen LogP contribution in [0.4, 0.5) is 13.2 Å². The Morgan fingerprint density at radius 1 is 1.45 bits per heavy atom. The first-order chi connectivity index (χ1) is 10.4. The fourth-order valence-corrected chi connectivity index (χ4v) is 3.25. The SMILES string of the molecule is CC(C(=O)NCC(N1CCNCC1)C(F)(F)F)c1cccs1. The lowest BCUT2D eigenvalue weighted by Gasteiger charge is -2.36. The average molecular weight is 335 g/mol. The lowest BCUT2D eigenvalue weighted by Crippen LogP contribution is -2.57. The zero-order valence-corrected chi connectivity index (χ0v) is 13.1. The smallest absolute Gasteiger partial charge is 0.354 e. The molecule has 2 rings (SSSR count). The summed E-state index contributed by atoms with van der Waals surface area (Å²) in [6, 6.07) is 2.00. The van der Waals surface area contributed by atoms with Crippen molar-refractivity contribution < 1.29 is 18.0 Å². The number of thiophene rings is 1. The molecule has 1 aliphatic rings. The predicted molar refractivity (Wildman–Crippen MR) is 80.0 cm³/mol. The van der Waals surface area contributed by atoms with Crippen LogP contribution in [-0.4, -0.2) is 55.7 Å². The molecular formula is C14H20F3N3OS. The maximum absolute atomic E-state index is 13.2. The highest BCUT2D eigenvalue weighted by Crippen LogP contribution is 2.25. The van der Waals surface area contributed by atoms with E-state index in [1.807, 2.05) is 17.5 Å². The molecule has 1 amide bonds. The van der Waals surface area contributed by atoms with E-state index in [-0.39, 0.29) is 5.91 Å². The summed E-state index contributed by atoms with van der Waals surface area (Å²) in [7, 11) is 0. The van der Waals surface area contributed by atoms with Gasteiger partial charge in [0.1, 0.15) is 6.04 Å². The van der Waals surface area contributed by atoms with Crippen molar-refractivity contribution in [1.29, 1.82) is 0 Å². The Hall–Kier alpha value is -1.12. The molecule has 2 unspecified atom stereocenters. The van der Waals surface area contributed by atoms with E-state index in [9.17, 15) is 18.0 Å². The molecule has 1 aliphatic heterocycles. The number of nitrogens with zero attached hydrogens (tertiary/aromatic N) is 1. The van der Waals surface area contributed by atoms with E-state index < -0.39 is 24.7 Å². The van der Waals surface area contributed by atoms with Crippen molar-refractivity contribution in [3.05, 3.63) is 22.4 Å². The zero-order valence-electron chi connectivity index (χ0n) is 12.3. The fraction of sp³-hybridized carbons (Fsp3) is 0.643. The number of carbonyl (C=O) groups is 1. The lowest BCUT2D eigenvalue weighted by molar-refractivity contribution is -0.184. The Bertz CT molecular complexity index is 472. The van der Waals surface area contributed by atoms with Gasteiger partial charge in [-0.25, -0.2) is 0 Å². The second-order valence-electron chi connectivity index (χ2n) is 5.33. The largest absolute Gasteiger partial charge is 0.405 e. The van der Waals surface area contributed by atoms with Gasteiger partial charge in [0.25, 0.3) is 0 Å². The summed E-state index contributed by atoms with van der Waals surface area (Å²) < 4.78 is 39.7. The fourth-order valence-electron chi connectivity index (χ4n) is 2.46. The van der Waals surface area contributed by atoms with E-state index >= 15 is 0 Å². The monoisotopic (exact) mass is 335 g/mol. The average Bonchev–Trinajstić information content (AvgIpc) is 3.00. The Morgan fingerprint density at radius 3 is 2.68 bits per heavy atom. The van der Waals surface area contributed by atoms with Crippen molar-refractivity contribution in [2.45, 2.75) is 25.1 Å². The van der Waals surface area contributed by atoms with Crippen LogP contribution in [0.3, 0.4) is 0 Å². The Morgan fingerprint density at radius 2 is 2.14 bits per heavy atom. The third kappa shape index (κ3) is 4.44. The maximum Gasteiger partial charge on any atom is 0.405 e. The van der Waals surface area contributed by atoms with Gasteiger partial charge >= 0.3 is 6.18 Å². The van der Waals surface area contributed by atoms with Gasteiger partial charge in [-0.15, -0.1) is 11.3 Å².